The lowest BCUT2D eigenvalue weighted by Gasteiger charge is -2.08. The highest BCUT2D eigenvalue weighted by Crippen LogP contribution is 2.12. The average Bonchev–Trinajstić information content (AvgIpc) is 2.90. The summed E-state index contributed by atoms with van der Waals surface area (Å²) < 4.78 is 0. The first-order valence-corrected chi connectivity index (χ1v) is 7.08. The summed E-state index contributed by atoms with van der Waals surface area (Å²) in [5.74, 6) is 0.927. The molecule has 2 heterocycles. The third kappa shape index (κ3) is 4.00. The Morgan fingerprint density at radius 2 is 2.11 bits per heavy atom. The summed E-state index contributed by atoms with van der Waals surface area (Å²) in [6, 6.07) is 4.02. The number of anilines is 2. The second-order valence-corrected chi connectivity index (χ2v) is 4.94. The van der Waals surface area contributed by atoms with Crippen LogP contribution in [0, 0.1) is 0 Å². The summed E-state index contributed by atoms with van der Waals surface area (Å²) in [6.45, 7) is 3.99. The molecule has 5 heteroatoms. The van der Waals surface area contributed by atoms with E-state index in [0.29, 0.717) is 0 Å². The van der Waals surface area contributed by atoms with Gasteiger partial charge >= 0.3 is 0 Å². The number of nitrogens with zero attached hydrogens (tertiary/aromatic N) is 2. The van der Waals surface area contributed by atoms with Crippen molar-refractivity contribution in [3.63, 3.8) is 0 Å². The van der Waals surface area contributed by atoms with Gasteiger partial charge < -0.3 is 10.6 Å². The Morgan fingerprint density at radius 1 is 1.17 bits per heavy atom. The van der Waals surface area contributed by atoms with E-state index in [9.17, 15) is 0 Å². The molecule has 2 aromatic rings. The predicted molar refractivity (Wildman–Crippen MR) is 77.3 cm³/mol. The minimum absolute atomic E-state index is 0.894. The van der Waals surface area contributed by atoms with Gasteiger partial charge in [-0.15, -0.1) is 11.3 Å². The Kier molecular flexibility index (Phi) is 4.96. The fourth-order valence-electron chi connectivity index (χ4n) is 1.58. The lowest BCUT2D eigenvalue weighted by molar-refractivity contribution is 0.967. The highest BCUT2D eigenvalue weighted by Gasteiger charge is 1.98. The van der Waals surface area contributed by atoms with Crippen molar-refractivity contribution in [1.29, 1.82) is 0 Å². The molecule has 0 aliphatic rings. The monoisotopic (exact) mass is 262 g/mol. The molecule has 0 bridgehead atoms. The van der Waals surface area contributed by atoms with Gasteiger partial charge in [-0.25, -0.2) is 9.97 Å². The molecule has 0 saturated heterocycles. The smallest absolute Gasteiger partial charge is 0.127 e. The quantitative estimate of drug-likeness (QED) is 0.805. The van der Waals surface area contributed by atoms with Crippen LogP contribution >= 0.6 is 11.3 Å². The molecule has 0 unspecified atom stereocenters. The highest BCUT2D eigenvalue weighted by atomic mass is 32.1. The highest BCUT2D eigenvalue weighted by molar-refractivity contribution is 7.09. The van der Waals surface area contributed by atoms with E-state index in [4.69, 9.17) is 0 Å². The average molecular weight is 262 g/mol. The maximum absolute atomic E-state index is 4.27. The summed E-state index contributed by atoms with van der Waals surface area (Å²) in [5.41, 5.74) is 1.10. The lowest BCUT2D eigenvalue weighted by atomic mass is 10.3. The van der Waals surface area contributed by atoms with E-state index in [2.05, 4.69) is 27.5 Å². The number of pyridine rings is 1. The summed E-state index contributed by atoms with van der Waals surface area (Å²) in [7, 11) is 0. The molecule has 0 aliphatic carbocycles. The van der Waals surface area contributed by atoms with Gasteiger partial charge in [-0.3, -0.25) is 0 Å². The fraction of sp³-hybridized carbons (Fsp3) is 0.385. The van der Waals surface area contributed by atoms with Crippen LogP contribution in [-0.2, 0) is 6.42 Å². The second-order valence-electron chi connectivity index (χ2n) is 3.96. The molecule has 0 spiro atoms. The summed E-state index contributed by atoms with van der Waals surface area (Å²) >= 11 is 1.70. The number of hydrogen-bond donors (Lipinski definition) is 2. The largest absolute Gasteiger partial charge is 0.384 e. The van der Waals surface area contributed by atoms with Crippen molar-refractivity contribution in [2.45, 2.75) is 19.8 Å². The minimum Gasteiger partial charge on any atom is -0.384 e. The SMILES string of the molecule is CCCNc1cc(NCCc2nccs2)ccn1. The van der Waals surface area contributed by atoms with Gasteiger partial charge in [0, 0.05) is 49.0 Å². The molecular formula is C13H18N4S. The Morgan fingerprint density at radius 3 is 2.89 bits per heavy atom. The Balaban J connectivity index is 1.81. The molecule has 0 aliphatic heterocycles. The van der Waals surface area contributed by atoms with Gasteiger partial charge in [0.05, 0.1) is 5.01 Å². The molecule has 0 radical (unpaired) electrons. The molecule has 0 aromatic carbocycles. The van der Waals surface area contributed by atoms with Crippen LogP contribution in [-0.4, -0.2) is 23.1 Å². The second kappa shape index (κ2) is 6.96. The normalized spacial score (nSPS) is 10.3. The Hall–Kier alpha value is -1.62. The van der Waals surface area contributed by atoms with Gasteiger partial charge in [0.25, 0.3) is 0 Å². The van der Waals surface area contributed by atoms with Crippen molar-refractivity contribution < 1.29 is 0 Å². The zero-order valence-corrected chi connectivity index (χ0v) is 11.3. The van der Waals surface area contributed by atoms with Crippen LogP contribution in [0.15, 0.2) is 29.9 Å². The number of thiazole rings is 1. The standard InChI is InChI=1S/C13H18N4S/c1-2-5-15-12-10-11(3-6-16-12)14-7-4-13-17-8-9-18-13/h3,6,8-10H,2,4-5,7H2,1H3,(H2,14,15,16). The topological polar surface area (TPSA) is 49.8 Å². The molecule has 2 N–H and O–H groups in total. The van der Waals surface area contributed by atoms with E-state index >= 15 is 0 Å². The van der Waals surface area contributed by atoms with Crippen molar-refractivity contribution in [1.82, 2.24) is 9.97 Å². The molecule has 0 amide bonds. The van der Waals surface area contributed by atoms with E-state index in [-0.39, 0.29) is 0 Å². The van der Waals surface area contributed by atoms with Gasteiger partial charge in [-0.2, -0.15) is 0 Å². The van der Waals surface area contributed by atoms with Crippen LogP contribution in [0.5, 0.6) is 0 Å². The summed E-state index contributed by atoms with van der Waals surface area (Å²) in [5, 5.41) is 9.84. The van der Waals surface area contributed by atoms with Crippen molar-refractivity contribution >= 4 is 22.8 Å². The van der Waals surface area contributed by atoms with E-state index < -0.39 is 0 Å². The summed E-state index contributed by atoms with van der Waals surface area (Å²) in [6.07, 6.45) is 5.73. The van der Waals surface area contributed by atoms with Crippen LogP contribution in [0.3, 0.4) is 0 Å². The first-order valence-electron chi connectivity index (χ1n) is 6.20. The van der Waals surface area contributed by atoms with Crippen LogP contribution in [0.2, 0.25) is 0 Å². The fourth-order valence-corrected chi connectivity index (χ4v) is 2.20. The van der Waals surface area contributed by atoms with Crippen molar-refractivity contribution in [2.75, 3.05) is 23.7 Å². The first kappa shape index (κ1) is 12.8. The Labute approximate surface area is 111 Å². The van der Waals surface area contributed by atoms with E-state index in [1.165, 1.54) is 5.01 Å². The van der Waals surface area contributed by atoms with Gasteiger partial charge in [-0.05, 0) is 12.5 Å². The molecule has 2 aromatic heterocycles. The van der Waals surface area contributed by atoms with E-state index in [1.807, 2.05) is 29.9 Å². The Bertz CT molecular complexity index is 456. The predicted octanol–water partition coefficient (Wildman–Crippen LogP) is 3.01. The molecular weight excluding hydrogens is 244 g/mol. The van der Waals surface area contributed by atoms with Crippen molar-refractivity contribution in [3.8, 4) is 0 Å². The number of rotatable bonds is 7. The molecule has 4 nitrogen and oxygen atoms in total. The van der Waals surface area contributed by atoms with E-state index in [1.54, 1.807) is 11.3 Å². The van der Waals surface area contributed by atoms with Crippen LogP contribution in [0.1, 0.15) is 18.4 Å². The van der Waals surface area contributed by atoms with Crippen LogP contribution in [0.4, 0.5) is 11.5 Å². The van der Waals surface area contributed by atoms with Crippen LogP contribution < -0.4 is 10.6 Å². The van der Waals surface area contributed by atoms with Gasteiger partial charge in [0.15, 0.2) is 0 Å². The zero-order valence-electron chi connectivity index (χ0n) is 10.5. The van der Waals surface area contributed by atoms with Crippen LogP contribution in [0.25, 0.3) is 0 Å². The third-order valence-electron chi connectivity index (χ3n) is 2.47. The van der Waals surface area contributed by atoms with Crippen molar-refractivity contribution in [3.05, 3.63) is 34.9 Å². The maximum Gasteiger partial charge on any atom is 0.127 e. The van der Waals surface area contributed by atoms with Gasteiger partial charge in [0.1, 0.15) is 5.82 Å². The molecule has 0 atom stereocenters. The summed E-state index contributed by atoms with van der Waals surface area (Å²) in [4.78, 5) is 8.53. The lowest BCUT2D eigenvalue weighted by Crippen LogP contribution is -2.06. The third-order valence-corrected chi connectivity index (χ3v) is 3.31. The number of nitrogens with one attached hydrogen (secondary N) is 2. The molecule has 2 rings (SSSR count). The van der Waals surface area contributed by atoms with Gasteiger partial charge in [0.2, 0.25) is 0 Å². The molecule has 96 valence electrons. The van der Waals surface area contributed by atoms with E-state index in [0.717, 1.165) is 37.4 Å². The molecule has 0 fully saturated rings. The molecule has 18 heavy (non-hydrogen) atoms. The number of hydrogen-bond acceptors (Lipinski definition) is 5. The molecule has 0 saturated carbocycles. The van der Waals surface area contributed by atoms with Crippen molar-refractivity contribution in [2.24, 2.45) is 0 Å². The number of aromatic nitrogens is 2. The first-order chi connectivity index (χ1) is 8.88. The zero-order chi connectivity index (χ0) is 12.6. The minimum atomic E-state index is 0.894. The van der Waals surface area contributed by atoms with Gasteiger partial charge in [-0.1, -0.05) is 6.92 Å². The maximum atomic E-state index is 4.27.